The summed E-state index contributed by atoms with van der Waals surface area (Å²) in [4.78, 5) is 0. The molecule has 0 unspecified atom stereocenters. The summed E-state index contributed by atoms with van der Waals surface area (Å²) in [5.41, 5.74) is 0.609. The Morgan fingerprint density at radius 2 is 2.44 bits per heavy atom. The van der Waals surface area contributed by atoms with Crippen molar-refractivity contribution >= 4 is 26.3 Å². The molecular weight excluding hydrogens is 231 g/mol. The van der Waals surface area contributed by atoms with Gasteiger partial charge in [-0.2, -0.15) is 0 Å². The minimum absolute atomic E-state index is 0.0807. The maximum absolute atomic E-state index is 8.57. The molecule has 0 bridgehead atoms. The zero-order chi connectivity index (χ0) is 7.28. The van der Waals surface area contributed by atoms with Crippen molar-refractivity contribution in [2.24, 2.45) is 0 Å². The smallest absolute Gasteiger partial charge is 0.0989 e. The molecular formula is C5H9IN2O. The summed E-state index contributed by atoms with van der Waals surface area (Å²) >= 11 is 1.84. The number of aliphatic hydroxyl groups is 1. The standard InChI is InChI=1S/C5H9IN2O/c1-8-2-4(3-9)5(6)7/h2,7-9H,3H2,1H3/b4-2-,7-5?. The number of nitrogens with one attached hydrogen (secondary N) is 2. The van der Waals surface area contributed by atoms with E-state index in [-0.39, 0.29) is 6.61 Å². The summed E-state index contributed by atoms with van der Waals surface area (Å²) in [7, 11) is 1.73. The highest BCUT2D eigenvalue weighted by molar-refractivity contribution is 14.1. The zero-order valence-electron chi connectivity index (χ0n) is 5.11. The number of hydrogen-bond donors (Lipinski definition) is 3. The summed E-state index contributed by atoms with van der Waals surface area (Å²) in [5, 5.41) is 18.4. The Labute approximate surface area is 67.8 Å². The predicted molar refractivity (Wildman–Crippen MR) is 46.0 cm³/mol. The molecule has 52 valence electrons. The normalized spacial score (nSPS) is 11.2. The van der Waals surface area contributed by atoms with Crippen molar-refractivity contribution in [2.75, 3.05) is 13.7 Å². The molecule has 0 atom stereocenters. The predicted octanol–water partition coefficient (Wildman–Crippen LogP) is 0.494. The van der Waals surface area contributed by atoms with Gasteiger partial charge in [-0.05, 0) is 22.6 Å². The van der Waals surface area contributed by atoms with Crippen LogP contribution in [0.25, 0.3) is 0 Å². The lowest BCUT2D eigenvalue weighted by atomic mass is 10.3. The molecule has 3 N–H and O–H groups in total. The van der Waals surface area contributed by atoms with Crippen molar-refractivity contribution in [3.05, 3.63) is 11.8 Å². The number of hydrogen-bond acceptors (Lipinski definition) is 3. The van der Waals surface area contributed by atoms with E-state index >= 15 is 0 Å². The summed E-state index contributed by atoms with van der Waals surface area (Å²) in [6.45, 7) is -0.0807. The maximum Gasteiger partial charge on any atom is 0.0989 e. The first-order valence-corrected chi connectivity index (χ1v) is 3.51. The van der Waals surface area contributed by atoms with Crippen LogP contribution in [0.5, 0.6) is 0 Å². The number of rotatable bonds is 3. The van der Waals surface area contributed by atoms with Gasteiger partial charge in [0.1, 0.15) is 0 Å². The van der Waals surface area contributed by atoms with E-state index in [9.17, 15) is 0 Å². The van der Waals surface area contributed by atoms with Crippen LogP contribution in [0.4, 0.5) is 0 Å². The highest BCUT2D eigenvalue weighted by Crippen LogP contribution is 1.99. The van der Waals surface area contributed by atoms with Gasteiger partial charge in [0.15, 0.2) is 0 Å². The number of halogens is 1. The van der Waals surface area contributed by atoms with E-state index in [1.54, 1.807) is 13.2 Å². The van der Waals surface area contributed by atoms with Crippen LogP contribution < -0.4 is 5.32 Å². The zero-order valence-corrected chi connectivity index (χ0v) is 7.27. The van der Waals surface area contributed by atoms with E-state index in [0.717, 1.165) is 0 Å². The SMILES string of the molecule is CN/C=C(/CO)C(=N)I. The van der Waals surface area contributed by atoms with Gasteiger partial charge in [0.2, 0.25) is 0 Å². The van der Waals surface area contributed by atoms with Gasteiger partial charge in [0.05, 0.1) is 10.3 Å². The van der Waals surface area contributed by atoms with Gasteiger partial charge in [-0.25, -0.2) is 0 Å². The lowest BCUT2D eigenvalue weighted by molar-refractivity contribution is 0.337. The average Bonchev–Trinajstić information content (AvgIpc) is 1.82. The fraction of sp³-hybridized carbons (Fsp3) is 0.400. The van der Waals surface area contributed by atoms with Gasteiger partial charge >= 0.3 is 0 Å². The van der Waals surface area contributed by atoms with Crippen molar-refractivity contribution in [1.82, 2.24) is 5.32 Å². The molecule has 0 aliphatic heterocycles. The monoisotopic (exact) mass is 240 g/mol. The largest absolute Gasteiger partial charge is 0.394 e. The van der Waals surface area contributed by atoms with Crippen LogP contribution in [0.1, 0.15) is 0 Å². The van der Waals surface area contributed by atoms with Crippen LogP contribution in [0.3, 0.4) is 0 Å². The Morgan fingerprint density at radius 1 is 1.89 bits per heavy atom. The molecule has 0 fully saturated rings. The summed E-state index contributed by atoms with van der Waals surface area (Å²) in [5.74, 6) is 0. The topological polar surface area (TPSA) is 56.1 Å². The van der Waals surface area contributed by atoms with Crippen LogP contribution in [-0.4, -0.2) is 22.5 Å². The maximum atomic E-state index is 8.57. The van der Waals surface area contributed by atoms with E-state index in [4.69, 9.17) is 10.5 Å². The fourth-order valence-corrected chi connectivity index (χ4v) is 0.679. The van der Waals surface area contributed by atoms with Crippen molar-refractivity contribution in [3.63, 3.8) is 0 Å². The molecule has 0 rings (SSSR count). The van der Waals surface area contributed by atoms with E-state index < -0.39 is 0 Å². The first kappa shape index (κ1) is 8.90. The van der Waals surface area contributed by atoms with Gasteiger partial charge < -0.3 is 10.4 Å². The second-order valence-electron chi connectivity index (χ2n) is 1.43. The molecule has 0 saturated heterocycles. The molecule has 0 aliphatic rings. The van der Waals surface area contributed by atoms with E-state index in [1.807, 2.05) is 22.6 Å². The Morgan fingerprint density at radius 3 is 2.56 bits per heavy atom. The quantitative estimate of drug-likeness (QED) is 0.496. The first-order valence-electron chi connectivity index (χ1n) is 2.44. The van der Waals surface area contributed by atoms with Crippen LogP contribution in [0, 0.1) is 5.41 Å². The molecule has 0 spiro atoms. The molecule has 0 aromatic heterocycles. The molecule has 4 heteroatoms. The second kappa shape index (κ2) is 4.75. The van der Waals surface area contributed by atoms with Crippen LogP contribution in [0.15, 0.2) is 11.8 Å². The van der Waals surface area contributed by atoms with Gasteiger partial charge in [-0.3, -0.25) is 5.41 Å². The summed E-state index contributed by atoms with van der Waals surface area (Å²) in [6.07, 6.45) is 1.61. The summed E-state index contributed by atoms with van der Waals surface area (Å²) < 4.78 is 0.365. The molecule has 0 aromatic carbocycles. The van der Waals surface area contributed by atoms with Crippen LogP contribution >= 0.6 is 22.6 Å². The third-order valence-electron chi connectivity index (χ3n) is 0.771. The van der Waals surface area contributed by atoms with Gasteiger partial charge in [0.25, 0.3) is 0 Å². The highest BCUT2D eigenvalue weighted by atomic mass is 127. The Balaban J connectivity index is 3.98. The molecule has 0 radical (unpaired) electrons. The fourth-order valence-electron chi connectivity index (χ4n) is 0.353. The van der Waals surface area contributed by atoms with Gasteiger partial charge in [-0.1, -0.05) is 0 Å². The lowest BCUT2D eigenvalue weighted by Gasteiger charge is -1.97. The molecule has 0 saturated carbocycles. The van der Waals surface area contributed by atoms with Crippen molar-refractivity contribution in [2.45, 2.75) is 0 Å². The van der Waals surface area contributed by atoms with Crippen molar-refractivity contribution in [3.8, 4) is 0 Å². The molecule has 0 aliphatic carbocycles. The average molecular weight is 240 g/mol. The Bertz CT molecular complexity index is 133. The third kappa shape index (κ3) is 3.47. The molecule has 9 heavy (non-hydrogen) atoms. The van der Waals surface area contributed by atoms with E-state index in [2.05, 4.69) is 5.32 Å². The first-order chi connectivity index (χ1) is 4.22. The molecule has 3 nitrogen and oxygen atoms in total. The van der Waals surface area contributed by atoms with Crippen molar-refractivity contribution < 1.29 is 5.11 Å². The lowest BCUT2D eigenvalue weighted by Crippen LogP contribution is -2.03. The van der Waals surface area contributed by atoms with Gasteiger partial charge in [-0.15, -0.1) is 0 Å². The molecule has 0 aromatic rings. The highest BCUT2D eigenvalue weighted by Gasteiger charge is 1.96. The van der Waals surface area contributed by atoms with Gasteiger partial charge in [0, 0.05) is 18.8 Å². The Kier molecular flexibility index (Phi) is 4.70. The minimum atomic E-state index is -0.0807. The number of aliphatic hydroxyl groups excluding tert-OH is 1. The molecule has 0 amide bonds. The van der Waals surface area contributed by atoms with E-state index in [0.29, 0.717) is 9.29 Å². The van der Waals surface area contributed by atoms with E-state index in [1.165, 1.54) is 0 Å². The third-order valence-corrected chi connectivity index (χ3v) is 1.46. The molecule has 0 heterocycles. The Hall–Kier alpha value is -0.100. The van der Waals surface area contributed by atoms with Crippen molar-refractivity contribution in [1.29, 1.82) is 5.41 Å². The summed E-state index contributed by atoms with van der Waals surface area (Å²) in [6, 6.07) is 0. The van der Waals surface area contributed by atoms with Crippen LogP contribution in [-0.2, 0) is 0 Å². The minimum Gasteiger partial charge on any atom is -0.394 e. The van der Waals surface area contributed by atoms with Crippen LogP contribution in [0.2, 0.25) is 0 Å². The second-order valence-corrected chi connectivity index (χ2v) is 2.51.